The molecule has 1 aromatic rings. The van der Waals surface area contributed by atoms with E-state index in [-0.39, 0.29) is 12.6 Å². The molecule has 0 fully saturated rings. The Kier molecular flexibility index (Phi) is 6.48. The van der Waals surface area contributed by atoms with Gasteiger partial charge in [0.05, 0.1) is 12.3 Å². The zero-order valence-electron chi connectivity index (χ0n) is 11.4. The number of benzene rings is 1. The van der Waals surface area contributed by atoms with Gasteiger partial charge < -0.3 is 15.7 Å². The van der Waals surface area contributed by atoms with E-state index in [4.69, 9.17) is 5.11 Å². The van der Waals surface area contributed by atoms with Gasteiger partial charge in [-0.3, -0.25) is 0 Å². The van der Waals surface area contributed by atoms with Crippen molar-refractivity contribution in [2.24, 2.45) is 0 Å². The molecule has 0 saturated heterocycles. The lowest BCUT2D eigenvalue weighted by Gasteiger charge is -2.09. The highest BCUT2D eigenvalue weighted by Gasteiger charge is 2.05. The van der Waals surface area contributed by atoms with Gasteiger partial charge in [-0.05, 0) is 31.0 Å². The van der Waals surface area contributed by atoms with Gasteiger partial charge in [-0.2, -0.15) is 0 Å². The number of carbonyl (C=O) groups is 1. The van der Waals surface area contributed by atoms with Gasteiger partial charge in [0.15, 0.2) is 0 Å². The van der Waals surface area contributed by atoms with Gasteiger partial charge in [0.25, 0.3) is 0 Å². The smallest absolute Gasteiger partial charge is 0.319 e. The quantitative estimate of drug-likeness (QED) is 0.727. The zero-order valence-corrected chi connectivity index (χ0v) is 11.4. The van der Waals surface area contributed by atoms with Crippen molar-refractivity contribution < 1.29 is 9.90 Å². The topological polar surface area (TPSA) is 61.4 Å². The predicted molar refractivity (Wildman–Crippen MR) is 77.1 cm³/mol. The van der Waals surface area contributed by atoms with Crippen LogP contribution >= 0.6 is 0 Å². The molecule has 0 unspecified atom stereocenters. The number of hydrogen-bond donors (Lipinski definition) is 3. The average Bonchev–Trinajstić information content (AvgIpc) is 2.39. The number of nitrogens with one attached hydrogen (secondary N) is 2. The van der Waals surface area contributed by atoms with Crippen molar-refractivity contribution in [2.75, 3.05) is 18.5 Å². The lowest BCUT2D eigenvalue weighted by Crippen LogP contribution is -2.29. The fourth-order valence-corrected chi connectivity index (χ4v) is 1.49. The molecule has 0 spiro atoms. The molecule has 0 aliphatic carbocycles. The normalized spacial score (nSPS) is 9.42. The molecule has 0 heterocycles. The lowest BCUT2D eigenvalue weighted by molar-refractivity contribution is 0.252. The van der Waals surface area contributed by atoms with E-state index in [1.165, 1.54) is 0 Å². The SMILES string of the molecule is CCCNC(=O)Nc1cc(C)ccc1C#CCCO. The van der Waals surface area contributed by atoms with E-state index in [1.54, 1.807) is 0 Å². The summed E-state index contributed by atoms with van der Waals surface area (Å²) < 4.78 is 0. The summed E-state index contributed by atoms with van der Waals surface area (Å²) in [6.07, 6.45) is 1.32. The van der Waals surface area contributed by atoms with Gasteiger partial charge in [0, 0.05) is 18.5 Å². The van der Waals surface area contributed by atoms with Crippen LogP contribution in [-0.4, -0.2) is 24.3 Å². The number of rotatable bonds is 4. The minimum absolute atomic E-state index is 0.0403. The van der Waals surface area contributed by atoms with E-state index in [0.29, 0.717) is 18.7 Å². The van der Waals surface area contributed by atoms with Crippen LogP contribution in [0.1, 0.15) is 30.9 Å². The van der Waals surface area contributed by atoms with Gasteiger partial charge in [0.2, 0.25) is 0 Å². The Hall–Kier alpha value is -1.99. The standard InChI is InChI=1S/C15H20N2O2/c1-3-9-16-15(19)17-14-11-12(2)7-8-13(14)6-4-5-10-18/h7-8,11,18H,3,5,9-10H2,1-2H3,(H2,16,17,19). The maximum absolute atomic E-state index is 11.7. The first-order valence-corrected chi connectivity index (χ1v) is 6.42. The highest BCUT2D eigenvalue weighted by Crippen LogP contribution is 2.16. The Morgan fingerprint density at radius 3 is 2.89 bits per heavy atom. The Balaban J connectivity index is 2.83. The van der Waals surface area contributed by atoms with Crippen LogP contribution in [0.2, 0.25) is 0 Å². The van der Waals surface area contributed by atoms with E-state index in [2.05, 4.69) is 22.5 Å². The number of aliphatic hydroxyl groups excluding tert-OH is 1. The van der Waals surface area contributed by atoms with Crippen LogP contribution in [0.25, 0.3) is 0 Å². The largest absolute Gasteiger partial charge is 0.395 e. The van der Waals surface area contributed by atoms with E-state index in [0.717, 1.165) is 17.5 Å². The number of aryl methyl sites for hydroxylation is 1. The van der Waals surface area contributed by atoms with Crippen molar-refractivity contribution in [3.63, 3.8) is 0 Å². The molecule has 0 aliphatic heterocycles. The second-order valence-electron chi connectivity index (χ2n) is 4.21. The van der Waals surface area contributed by atoms with Crippen molar-refractivity contribution in [3.05, 3.63) is 29.3 Å². The number of carbonyl (C=O) groups excluding carboxylic acids is 1. The highest BCUT2D eigenvalue weighted by molar-refractivity contribution is 5.90. The molecule has 4 heteroatoms. The van der Waals surface area contributed by atoms with E-state index < -0.39 is 0 Å². The zero-order chi connectivity index (χ0) is 14.1. The molecule has 1 aromatic carbocycles. The van der Waals surface area contributed by atoms with Crippen molar-refractivity contribution in [2.45, 2.75) is 26.7 Å². The molecule has 1 rings (SSSR count). The van der Waals surface area contributed by atoms with Crippen LogP contribution in [-0.2, 0) is 0 Å². The fraction of sp³-hybridized carbons (Fsp3) is 0.400. The first kappa shape index (κ1) is 15.1. The Morgan fingerprint density at radius 1 is 1.42 bits per heavy atom. The molecule has 0 atom stereocenters. The molecule has 0 saturated carbocycles. The summed E-state index contributed by atoms with van der Waals surface area (Å²) in [7, 11) is 0. The van der Waals surface area contributed by atoms with Crippen LogP contribution in [0.3, 0.4) is 0 Å². The van der Waals surface area contributed by atoms with Crippen LogP contribution < -0.4 is 10.6 Å². The molecule has 19 heavy (non-hydrogen) atoms. The van der Waals surface area contributed by atoms with Crippen LogP contribution in [0, 0.1) is 18.8 Å². The number of anilines is 1. The summed E-state index contributed by atoms with van der Waals surface area (Å²) in [6.45, 7) is 4.64. The molecular weight excluding hydrogens is 240 g/mol. The van der Waals surface area contributed by atoms with E-state index in [1.807, 2.05) is 32.0 Å². The number of hydrogen-bond acceptors (Lipinski definition) is 2. The van der Waals surface area contributed by atoms with Gasteiger partial charge in [-0.25, -0.2) is 4.79 Å². The minimum Gasteiger partial charge on any atom is -0.395 e. The van der Waals surface area contributed by atoms with E-state index in [9.17, 15) is 4.79 Å². The molecule has 2 amide bonds. The highest BCUT2D eigenvalue weighted by atomic mass is 16.2. The molecule has 102 valence electrons. The third-order valence-corrected chi connectivity index (χ3v) is 2.42. The summed E-state index contributed by atoms with van der Waals surface area (Å²) in [4.78, 5) is 11.7. The number of aliphatic hydroxyl groups is 1. The molecule has 0 aliphatic rings. The number of urea groups is 1. The van der Waals surface area contributed by atoms with E-state index >= 15 is 0 Å². The third-order valence-electron chi connectivity index (χ3n) is 2.42. The Labute approximate surface area is 114 Å². The average molecular weight is 260 g/mol. The summed E-state index contributed by atoms with van der Waals surface area (Å²) in [5.41, 5.74) is 2.50. The van der Waals surface area contributed by atoms with Crippen LogP contribution in [0.15, 0.2) is 18.2 Å². The summed E-state index contributed by atoms with van der Waals surface area (Å²) in [5, 5.41) is 14.3. The van der Waals surface area contributed by atoms with Gasteiger partial charge in [0.1, 0.15) is 0 Å². The molecule has 4 nitrogen and oxygen atoms in total. The monoisotopic (exact) mass is 260 g/mol. The van der Waals surface area contributed by atoms with Crippen LogP contribution in [0.4, 0.5) is 10.5 Å². The fourth-order valence-electron chi connectivity index (χ4n) is 1.49. The summed E-state index contributed by atoms with van der Waals surface area (Å²) in [5.74, 6) is 5.81. The van der Waals surface area contributed by atoms with Crippen molar-refractivity contribution in [3.8, 4) is 11.8 Å². The predicted octanol–water partition coefficient (Wildman–Crippen LogP) is 2.26. The summed E-state index contributed by atoms with van der Waals surface area (Å²) in [6, 6.07) is 5.47. The van der Waals surface area contributed by atoms with Crippen molar-refractivity contribution in [1.29, 1.82) is 0 Å². The van der Waals surface area contributed by atoms with Crippen molar-refractivity contribution in [1.82, 2.24) is 5.32 Å². The third kappa shape index (κ3) is 5.45. The second kappa shape index (κ2) is 8.17. The second-order valence-corrected chi connectivity index (χ2v) is 4.21. The maximum atomic E-state index is 11.7. The maximum Gasteiger partial charge on any atom is 0.319 e. The van der Waals surface area contributed by atoms with Crippen molar-refractivity contribution >= 4 is 11.7 Å². The molecular formula is C15H20N2O2. The summed E-state index contributed by atoms with van der Waals surface area (Å²) >= 11 is 0. The molecule has 0 aromatic heterocycles. The van der Waals surface area contributed by atoms with Gasteiger partial charge in [-0.15, -0.1) is 0 Å². The van der Waals surface area contributed by atoms with Crippen LogP contribution in [0.5, 0.6) is 0 Å². The molecule has 0 bridgehead atoms. The first-order valence-electron chi connectivity index (χ1n) is 6.42. The first-order chi connectivity index (χ1) is 9.17. The minimum atomic E-state index is -0.224. The molecule has 0 radical (unpaired) electrons. The lowest BCUT2D eigenvalue weighted by atomic mass is 10.1. The van der Waals surface area contributed by atoms with Gasteiger partial charge >= 0.3 is 6.03 Å². The van der Waals surface area contributed by atoms with Gasteiger partial charge in [-0.1, -0.05) is 24.8 Å². The Morgan fingerprint density at radius 2 is 2.21 bits per heavy atom. The molecule has 3 N–H and O–H groups in total. The number of amides is 2. The Bertz CT molecular complexity index is 487.